The van der Waals surface area contributed by atoms with Crippen LogP contribution < -0.4 is 5.32 Å². The van der Waals surface area contributed by atoms with E-state index in [0.717, 1.165) is 12.8 Å². The highest BCUT2D eigenvalue weighted by molar-refractivity contribution is 7.15. The Morgan fingerprint density at radius 3 is 2.70 bits per heavy atom. The number of aryl methyl sites for hydroxylation is 1. The average Bonchev–Trinajstić information content (AvgIpc) is 3.38. The molecule has 3 atom stereocenters. The van der Waals surface area contributed by atoms with Gasteiger partial charge < -0.3 is 10.2 Å². The van der Waals surface area contributed by atoms with E-state index in [9.17, 15) is 18.0 Å². The quantitative estimate of drug-likeness (QED) is 0.601. The Morgan fingerprint density at radius 1 is 1.18 bits per heavy atom. The molecule has 1 saturated heterocycles. The number of nitrogens with zero attached hydrogens (tertiary/aromatic N) is 6. The highest BCUT2D eigenvalue weighted by Crippen LogP contribution is 2.47. The number of nitrogens with one attached hydrogen (secondary N) is 1. The molecule has 4 heterocycles. The summed E-state index contributed by atoms with van der Waals surface area (Å²) in [6.45, 7) is 2.68. The third-order valence-corrected chi connectivity index (χ3v) is 6.90. The third kappa shape index (κ3) is 4.52. The molecule has 3 aromatic rings. The summed E-state index contributed by atoms with van der Waals surface area (Å²) in [6.07, 6.45) is 0.509. The Kier molecular flexibility index (Phi) is 5.47. The molecule has 1 N–H and O–H groups in total. The smallest absolute Gasteiger partial charge is 0.358 e. The van der Waals surface area contributed by atoms with E-state index >= 15 is 0 Å². The van der Waals surface area contributed by atoms with E-state index in [0.29, 0.717) is 46.8 Å². The van der Waals surface area contributed by atoms with Gasteiger partial charge in [0.15, 0.2) is 5.82 Å². The normalized spacial score (nSPS) is 22.1. The standard InChI is InChI=1S/C21H20F3N7OS/c1-11-3-4-15(17-25-5-2-6-26-17)16(28-11)18(32)31-10-13-7-12(13)8-14(31)9-27-20-30-29-19(33-20)21(22,23)24/h2-6,12-14H,7-10H2,1H3,(H,27,30)/t12-,13+,14+/m1/s1. The summed E-state index contributed by atoms with van der Waals surface area (Å²) in [4.78, 5) is 28.5. The summed E-state index contributed by atoms with van der Waals surface area (Å²) >= 11 is 0.457. The zero-order chi connectivity index (χ0) is 23.2. The Balaban J connectivity index is 1.39. The second-order valence-corrected chi connectivity index (χ2v) is 9.29. The first-order chi connectivity index (χ1) is 15.8. The van der Waals surface area contributed by atoms with Crippen molar-refractivity contribution in [3.63, 3.8) is 0 Å². The molecule has 33 heavy (non-hydrogen) atoms. The van der Waals surface area contributed by atoms with Crippen LogP contribution in [0.25, 0.3) is 11.4 Å². The van der Waals surface area contributed by atoms with E-state index in [1.54, 1.807) is 29.4 Å². The number of piperidine rings is 1. The zero-order valence-electron chi connectivity index (χ0n) is 17.6. The van der Waals surface area contributed by atoms with Gasteiger partial charge in [-0.25, -0.2) is 15.0 Å². The maximum absolute atomic E-state index is 13.7. The van der Waals surface area contributed by atoms with Crippen molar-refractivity contribution in [3.8, 4) is 11.4 Å². The van der Waals surface area contributed by atoms with Crippen molar-refractivity contribution in [2.75, 3.05) is 18.4 Å². The first-order valence-corrected chi connectivity index (χ1v) is 11.3. The molecular formula is C21H20F3N7OS. The van der Waals surface area contributed by atoms with Gasteiger partial charge >= 0.3 is 6.18 Å². The molecular weight excluding hydrogens is 455 g/mol. The fourth-order valence-corrected chi connectivity index (χ4v) is 4.85. The minimum absolute atomic E-state index is 0.0831. The molecule has 0 unspecified atom stereocenters. The second kappa shape index (κ2) is 8.32. The van der Waals surface area contributed by atoms with Gasteiger partial charge in [0, 0.05) is 37.2 Å². The maximum atomic E-state index is 13.7. The van der Waals surface area contributed by atoms with Crippen LogP contribution in [-0.2, 0) is 6.18 Å². The van der Waals surface area contributed by atoms with Gasteiger partial charge in [-0.15, -0.1) is 10.2 Å². The fraction of sp³-hybridized carbons (Fsp3) is 0.429. The van der Waals surface area contributed by atoms with Gasteiger partial charge in [0.2, 0.25) is 10.1 Å². The topological polar surface area (TPSA) is 96.8 Å². The highest BCUT2D eigenvalue weighted by atomic mass is 32.1. The lowest BCUT2D eigenvalue weighted by molar-refractivity contribution is -0.138. The number of amides is 1. The number of alkyl halides is 3. The van der Waals surface area contributed by atoms with E-state index in [-0.39, 0.29) is 29.3 Å². The summed E-state index contributed by atoms with van der Waals surface area (Å²) < 4.78 is 38.5. The molecule has 1 amide bonds. The van der Waals surface area contributed by atoms with Gasteiger partial charge in [0.1, 0.15) is 5.69 Å². The molecule has 1 aliphatic carbocycles. The zero-order valence-corrected chi connectivity index (χ0v) is 18.4. The summed E-state index contributed by atoms with van der Waals surface area (Å²) in [6, 6.07) is 5.10. The molecule has 12 heteroatoms. The van der Waals surface area contributed by atoms with Crippen LogP contribution in [0.15, 0.2) is 30.6 Å². The van der Waals surface area contributed by atoms with E-state index in [4.69, 9.17) is 0 Å². The van der Waals surface area contributed by atoms with Crippen LogP contribution in [0.1, 0.15) is 34.0 Å². The van der Waals surface area contributed by atoms with E-state index < -0.39 is 11.2 Å². The maximum Gasteiger partial charge on any atom is 0.445 e. The van der Waals surface area contributed by atoms with Gasteiger partial charge in [-0.2, -0.15) is 13.2 Å². The predicted octanol–water partition coefficient (Wildman–Crippen LogP) is 3.68. The highest BCUT2D eigenvalue weighted by Gasteiger charge is 2.47. The Hall–Kier alpha value is -3.15. The van der Waals surface area contributed by atoms with Crippen LogP contribution in [0.2, 0.25) is 0 Å². The molecule has 1 saturated carbocycles. The van der Waals surface area contributed by atoms with Crippen LogP contribution >= 0.6 is 11.3 Å². The van der Waals surface area contributed by atoms with E-state index in [1.807, 2.05) is 13.0 Å². The lowest BCUT2D eigenvalue weighted by Crippen LogP contribution is -2.48. The van der Waals surface area contributed by atoms with Crippen molar-refractivity contribution in [3.05, 3.63) is 47.0 Å². The van der Waals surface area contributed by atoms with Gasteiger partial charge in [-0.3, -0.25) is 4.79 Å². The molecule has 0 aromatic carbocycles. The van der Waals surface area contributed by atoms with Gasteiger partial charge in [-0.05, 0) is 49.8 Å². The van der Waals surface area contributed by atoms with Crippen molar-refractivity contribution in [2.24, 2.45) is 11.8 Å². The average molecular weight is 476 g/mol. The second-order valence-electron chi connectivity index (χ2n) is 8.32. The lowest BCUT2D eigenvalue weighted by atomic mass is 10.0. The van der Waals surface area contributed by atoms with Gasteiger partial charge in [0.05, 0.1) is 5.56 Å². The lowest BCUT2D eigenvalue weighted by Gasteiger charge is -2.35. The number of hydrogen-bond donors (Lipinski definition) is 1. The number of pyridine rings is 1. The molecule has 5 rings (SSSR count). The van der Waals surface area contributed by atoms with Crippen LogP contribution in [0.3, 0.4) is 0 Å². The van der Waals surface area contributed by atoms with Gasteiger partial charge in [0.25, 0.3) is 5.91 Å². The molecule has 1 aliphatic heterocycles. The number of rotatable bonds is 5. The Bertz CT molecular complexity index is 1170. The van der Waals surface area contributed by atoms with Crippen molar-refractivity contribution >= 4 is 22.4 Å². The van der Waals surface area contributed by atoms with Crippen molar-refractivity contribution in [1.29, 1.82) is 0 Å². The fourth-order valence-electron chi connectivity index (χ4n) is 4.23. The van der Waals surface area contributed by atoms with E-state index in [2.05, 4.69) is 30.5 Å². The molecule has 8 nitrogen and oxygen atoms in total. The van der Waals surface area contributed by atoms with Crippen LogP contribution in [0.5, 0.6) is 0 Å². The first kappa shape index (κ1) is 21.7. The molecule has 0 radical (unpaired) electrons. The number of fused-ring (bicyclic) bond motifs is 1. The molecule has 0 spiro atoms. The summed E-state index contributed by atoms with van der Waals surface area (Å²) in [5.41, 5.74) is 1.53. The summed E-state index contributed by atoms with van der Waals surface area (Å²) in [5, 5.41) is 8.83. The predicted molar refractivity (Wildman–Crippen MR) is 114 cm³/mol. The Labute approximate surface area is 191 Å². The van der Waals surface area contributed by atoms with Crippen molar-refractivity contribution in [1.82, 2.24) is 30.0 Å². The number of aromatic nitrogens is 5. The molecule has 2 fully saturated rings. The minimum atomic E-state index is -4.53. The number of halogens is 3. The van der Waals surface area contributed by atoms with Crippen LogP contribution in [0, 0.1) is 18.8 Å². The largest absolute Gasteiger partial charge is 0.445 e. The number of carbonyl (C=O) groups excluding carboxylic acids is 1. The molecule has 172 valence electrons. The van der Waals surface area contributed by atoms with Gasteiger partial charge in [-0.1, -0.05) is 11.3 Å². The van der Waals surface area contributed by atoms with Crippen molar-refractivity contribution in [2.45, 2.75) is 32.0 Å². The number of anilines is 1. The molecule has 2 aliphatic rings. The molecule has 0 bridgehead atoms. The van der Waals surface area contributed by atoms with E-state index in [1.165, 1.54) is 0 Å². The van der Waals surface area contributed by atoms with Crippen LogP contribution in [0.4, 0.5) is 18.3 Å². The van der Waals surface area contributed by atoms with Crippen molar-refractivity contribution < 1.29 is 18.0 Å². The number of likely N-dealkylation sites (tertiary alicyclic amines) is 1. The molecule has 3 aromatic heterocycles. The van der Waals surface area contributed by atoms with Crippen LogP contribution in [-0.4, -0.2) is 55.1 Å². The number of carbonyl (C=O) groups is 1. The SMILES string of the molecule is Cc1ccc(-c2ncccn2)c(C(=O)N2C[C@@H]3C[C@@H]3C[C@H]2CNc2nnc(C(F)(F)F)s2)n1. The monoisotopic (exact) mass is 475 g/mol. The Morgan fingerprint density at radius 2 is 1.97 bits per heavy atom. The summed E-state index contributed by atoms with van der Waals surface area (Å²) in [7, 11) is 0. The summed E-state index contributed by atoms with van der Waals surface area (Å²) in [5.74, 6) is 1.16. The number of hydrogen-bond acceptors (Lipinski definition) is 8. The minimum Gasteiger partial charge on any atom is -0.358 e. The third-order valence-electron chi connectivity index (χ3n) is 5.98. The first-order valence-electron chi connectivity index (χ1n) is 10.5.